The van der Waals surface area contributed by atoms with Gasteiger partial charge < -0.3 is 4.90 Å². The minimum atomic E-state index is 0.221. The summed E-state index contributed by atoms with van der Waals surface area (Å²) in [5, 5.41) is 0. The fraction of sp³-hybridized carbons (Fsp3) is 0.533. The highest BCUT2D eigenvalue weighted by atomic mass is 79.9. The van der Waals surface area contributed by atoms with Crippen LogP contribution < -0.4 is 0 Å². The van der Waals surface area contributed by atoms with E-state index in [9.17, 15) is 4.79 Å². The molecule has 4 heteroatoms. The number of hydrogen-bond acceptors (Lipinski definition) is 3. The summed E-state index contributed by atoms with van der Waals surface area (Å²) in [5.41, 5.74) is 0.796. The number of carbonyl (C=O) groups excluding carboxylic acids is 1. The molecule has 1 aliphatic heterocycles. The summed E-state index contributed by atoms with van der Waals surface area (Å²) in [6.07, 6.45) is 0.594. The first kappa shape index (κ1) is 14.7. The zero-order valence-corrected chi connectivity index (χ0v) is 13.2. The molecule has 2 rings (SSSR count). The number of rotatable bonds is 4. The van der Waals surface area contributed by atoms with Crippen LogP contribution in [0.2, 0.25) is 0 Å². The van der Waals surface area contributed by atoms with Crippen LogP contribution in [-0.4, -0.2) is 54.9 Å². The fourth-order valence-corrected chi connectivity index (χ4v) is 3.08. The van der Waals surface area contributed by atoms with Gasteiger partial charge in [0.2, 0.25) is 0 Å². The van der Waals surface area contributed by atoms with E-state index < -0.39 is 0 Å². The van der Waals surface area contributed by atoms with E-state index in [-0.39, 0.29) is 5.78 Å². The van der Waals surface area contributed by atoms with Crippen LogP contribution in [0.15, 0.2) is 28.7 Å². The Kier molecular flexibility index (Phi) is 5.13. The van der Waals surface area contributed by atoms with Gasteiger partial charge in [-0.25, -0.2) is 0 Å². The van der Waals surface area contributed by atoms with Gasteiger partial charge in [0.05, 0.1) is 0 Å². The van der Waals surface area contributed by atoms with E-state index in [0.717, 1.165) is 36.2 Å². The van der Waals surface area contributed by atoms with E-state index in [1.165, 1.54) is 0 Å². The normalized spacial score (nSPS) is 21.5. The molecule has 0 N–H and O–H groups in total. The maximum atomic E-state index is 12.2. The Balaban J connectivity index is 1.89. The Morgan fingerprint density at radius 3 is 2.79 bits per heavy atom. The quantitative estimate of drug-likeness (QED) is 0.795. The summed E-state index contributed by atoms with van der Waals surface area (Å²) in [4.78, 5) is 17.0. The van der Waals surface area contributed by atoms with E-state index in [1.807, 2.05) is 24.3 Å². The minimum Gasteiger partial charge on any atom is -0.304 e. The molecule has 1 atom stereocenters. The zero-order valence-electron chi connectivity index (χ0n) is 11.6. The third-order valence-corrected chi connectivity index (χ3v) is 4.46. The number of nitrogens with zero attached hydrogens (tertiary/aromatic N) is 2. The van der Waals surface area contributed by atoms with E-state index in [2.05, 4.69) is 39.7 Å². The molecule has 19 heavy (non-hydrogen) atoms. The molecule has 1 saturated heterocycles. The summed E-state index contributed by atoms with van der Waals surface area (Å²) in [6.45, 7) is 6.32. The average molecular weight is 325 g/mol. The highest BCUT2D eigenvalue weighted by Gasteiger charge is 2.22. The first-order chi connectivity index (χ1) is 9.08. The Bertz CT molecular complexity index is 450. The molecule has 0 amide bonds. The van der Waals surface area contributed by atoms with Crippen LogP contribution >= 0.6 is 15.9 Å². The van der Waals surface area contributed by atoms with Crippen molar-refractivity contribution in [2.45, 2.75) is 19.4 Å². The van der Waals surface area contributed by atoms with Crippen molar-refractivity contribution >= 4 is 21.7 Å². The minimum absolute atomic E-state index is 0.221. The third kappa shape index (κ3) is 3.88. The molecule has 0 aliphatic carbocycles. The standard InChI is InChI=1S/C15H21BrN2O/c1-12-11-17(2)9-10-18(12)8-7-15(19)13-5-3-4-6-14(13)16/h3-6,12H,7-11H2,1-2H3. The van der Waals surface area contributed by atoms with Crippen LogP contribution in [0.25, 0.3) is 0 Å². The molecule has 0 aromatic heterocycles. The largest absolute Gasteiger partial charge is 0.304 e. The van der Waals surface area contributed by atoms with Gasteiger partial charge in [-0.2, -0.15) is 0 Å². The topological polar surface area (TPSA) is 23.6 Å². The van der Waals surface area contributed by atoms with Gasteiger partial charge in [-0.1, -0.05) is 34.1 Å². The zero-order chi connectivity index (χ0) is 13.8. The number of piperazine rings is 1. The number of halogens is 1. The molecule has 0 spiro atoms. The SMILES string of the molecule is CC1CN(C)CCN1CCC(=O)c1ccccc1Br. The Hall–Kier alpha value is -0.710. The lowest BCUT2D eigenvalue weighted by Gasteiger charge is -2.38. The molecule has 1 aromatic rings. The van der Waals surface area contributed by atoms with E-state index in [4.69, 9.17) is 0 Å². The van der Waals surface area contributed by atoms with Gasteiger partial charge in [0.15, 0.2) is 5.78 Å². The number of Topliss-reactive ketones (excluding diaryl/α,β-unsaturated/α-hetero) is 1. The van der Waals surface area contributed by atoms with Crippen molar-refractivity contribution in [2.24, 2.45) is 0 Å². The Morgan fingerprint density at radius 1 is 1.37 bits per heavy atom. The summed E-state index contributed by atoms with van der Waals surface area (Å²) < 4.78 is 0.895. The van der Waals surface area contributed by atoms with Gasteiger partial charge >= 0.3 is 0 Å². The second kappa shape index (κ2) is 6.64. The van der Waals surface area contributed by atoms with Crippen molar-refractivity contribution in [3.8, 4) is 0 Å². The second-order valence-electron chi connectivity index (χ2n) is 5.30. The Labute approximate surface area is 123 Å². The van der Waals surface area contributed by atoms with Crippen molar-refractivity contribution in [1.29, 1.82) is 0 Å². The van der Waals surface area contributed by atoms with Crippen LogP contribution in [0, 0.1) is 0 Å². The smallest absolute Gasteiger partial charge is 0.165 e. The van der Waals surface area contributed by atoms with E-state index >= 15 is 0 Å². The lowest BCUT2D eigenvalue weighted by molar-refractivity contribution is 0.0843. The Morgan fingerprint density at radius 2 is 2.11 bits per heavy atom. The molecule has 1 aliphatic rings. The number of hydrogen-bond donors (Lipinski definition) is 0. The predicted octanol–water partition coefficient (Wildman–Crippen LogP) is 2.66. The number of ketones is 1. The molecule has 1 unspecified atom stereocenters. The molecule has 0 bridgehead atoms. The first-order valence-corrected chi connectivity index (χ1v) is 7.57. The maximum absolute atomic E-state index is 12.2. The monoisotopic (exact) mass is 324 g/mol. The van der Waals surface area contributed by atoms with Crippen LogP contribution in [-0.2, 0) is 0 Å². The van der Waals surface area contributed by atoms with Crippen molar-refractivity contribution in [3.63, 3.8) is 0 Å². The first-order valence-electron chi connectivity index (χ1n) is 6.78. The third-order valence-electron chi connectivity index (χ3n) is 3.77. The number of likely N-dealkylation sites (N-methyl/N-ethyl adjacent to an activating group) is 1. The number of carbonyl (C=O) groups is 1. The van der Waals surface area contributed by atoms with Gasteiger partial charge in [0.25, 0.3) is 0 Å². The molecule has 1 heterocycles. The van der Waals surface area contributed by atoms with Crippen molar-refractivity contribution in [1.82, 2.24) is 9.80 Å². The van der Waals surface area contributed by atoms with E-state index in [0.29, 0.717) is 12.5 Å². The highest BCUT2D eigenvalue weighted by molar-refractivity contribution is 9.10. The fourth-order valence-electron chi connectivity index (χ4n) is 2.58. The van der Waals surface area contributed by atoms with Gasteiger partial charge in [0, 0.05) is 48.7 Å². The van der Waals surface area contributed by atoms with Crippen LogP contribution in [0.3, 0.4) is 0 Å². The highest BCUT2D eigenvalue weighted by Crippen LogP contribution is 2.18. The molecule has 1 fully saturated rings. The summed E-state index contributed by atoms with van der Waals surface area (Å²) in [6, 6.07) is 8.19. The van der Waals surface area contributed by atoms with E-state index in [1.54, 1.807) is 0 Å². The van der Waals surface area contributed by atoms with Crippen LogP contribution in [0.4, 0.5) is 0 Å². The molecule has 104 valence electrons. The molecule has 3 nitrogen and oxygen atoms in total. The van der Waals surface area contributed by atoms with Crippen LogP contribution in [0.5, 0.6) is 0 Å². The number of benzene rings is 1. The van der Waals surface area contributed by atoms with Gasteiger partial charge in [-0.15, -0.1) is 0 Å². The van der Waals surface area contributed by atoms with Gasteiger partial charge in [-0.3, -0.25) is 9.69 Å². The lowest BCUT2D eigenvalue weighted by Crippen LogP contribution is -2.50. The maximum Gasteiger partial charge on any atom is 0.165 e. The summed E-state index contributed by atoms with van der Waals surface area (Å²) in [5.74, 6) is 0.221. The summed E-state index contributed by atoms with van der Waals surface area (Å²) in [7, 11) is 2.15. The predicted molar refractivity (Wildman–Crippen MR) is 81.6 cm³/mol. The molecule has 1 aromatic carbocycles. The van der Waals surface area contributed by atoms with Gasteiger partial charge in [-0.05, 0) is 20.0 Å². The molecular formula is C15H21BrN2O. The molecular weight excluding hydrogens is 304 g/mol. The molecule has 0 radical (unpaired) electrons. The van der Waals surface area contributed by atoms with Crippen LogP contribution in [0.1, 0.15) is 23.7 Å². The van der Waals surface area contributed by atoms with Crippen molar-refractivity contribution in [2.75, 3.05) is 33.2 Å². The summed E-state index contributed by atoms with van der Waals surface area (Å²) >= 11 is 3.44. The lowest BCUT2D eigenvalue weighted by atomic mass is 10.1. The van der Waals surface area contributed by atoms with Crippen molar-refractivity contribution < 1.29 is 4.79 Å². The van der Waals surface area contributed by atoms with Gasteiger partial charge in [0.1, 0.15) is 0 Å². The van der Waals surface area contributed by atoms with Crippen molar-refractivity contribution in [3.05, 3.63) is 34.3 Å². The average Bonchev–Trinajstić information content (AvgIpc) is 2.38. The second-order valence-corrected chi connectivity index (χ2v) is 6.15. The molecule has 0 saturated carbocycles.